The summed E-state index contributed by atoms with van der Waals surface area (Å²) < 4.78 is 0. The Bertz CT molecular complexity index is 85.9. The molecule has 5 heteroatoms. The maximum absolute atomic E-state index is 10.2. The first kappa shape index (κ1) is 8.35. The number of rotatable bonds is 4. The summed E-state index contributed by atoms with van der Waals surface area (Å²) in [6.07, 6.45) is 0. The molecule has 0 aromatic carbocycles. The van der Waals surface area contributed by atoms with Crippen LogP contribution in [-0.2, 0) is 9.63 Å². The van der Waals surface area contributed by atoms with Crippen LogP contribution in [0.25, 0.3) is 0 Å². The van der Waals surface area contributed by atoms with Crippen LogP contribution in [0.1, 0.15) is 0 Å². The first-order chi connectivity index (χ1) is 4.31. The number of nitrogens with one attached hydrogen (secondary N) is 1. The SMILES string of the molecule is NCCNCC(=O)ON. The van der Waals surface area contributed by atoms with Gasteiger partial charge in [-0.25, -0.2) is 4.79 Å². The summed E-state index contributed by atoms with van der Waals surface area (Å²) in [5.41, 5.74) is 5.11. The summed E-state index contributed by atoms with van der Waals surface area (Å²) in [5, 5.41) is 2.71. The van der Waals surface area contributed by atoms with Gasteiger partial charge in [-0.1, -0.05) is 0 Å². The Balaban J connectivity index is 2.97. The van der Waals surface area contributed by atoms with E-state index in [1.807, 2.05) is 0 Å². The normalized spacial score (nSPS) is 9.11. The van der Waals surface area contributed by atoms with E-state index in [9.17, 15) is 4.79 Å². The van der Waals surface area contributed by atoms with Crippen LogP contribution in [0, 0.1) is 0 Å². The summed E-state index contributed by atoms with van der Waals surface area (Å²) in [7, 11) is 0. The predicted molar refractivity (Wildman–Crippen MR) is 32.2 cm³/mol. The molecule has 0 unspecified atom stereocenters. The Morgan fingerprint density at radius 3 is 2.78 bits per heavy atom. The van der Waals surface area contributed by atoms with Crippen LogP contribution in [-0.4, -0.2) is 25.6 Å². The fourth-order valence-corrected chi connectivity index (χ4v) is 0.334. The molecule has 5 nitrogen and oxygen atoms in total. The molecule has 0 saturated heterocycles. The monoisotopic (exact) mass is 133 g/mol. The van der Waals surface area contributed by atoms with Crippen LogP contribution in [0.5, 0.6) is 0 Å². The minimum atomic E-state index is -0.483. The summed E-state index contributed by atoms with van der Waals surface area (Å²) in [5.74, 6) is 4.05. The summed E-state index contributed by atoms with van der Waals surface area (Å²) >= 11 is 0. The molecule has 0 atom stereocenters. The number of nitrogens with two attached hydrogens (primary N) is 2. The molecular formula is C4H11N3O2. The lowest BCUT2D eigenvalue weighted by molar-refractivity contribution is -0.143. The Morgan fingerprint density at radius 1 is 1.67 bits per heavy atom. The third-order valence-corrected chi connectivity index (χ3v) is 0.722. The highest BCUT2D eigenvalue weighted by molar-refractivity contribution is 5.71. The first-order valence-corrected chi connectivity index (χ1v) is 2.61. The van der Waals surface area contributed by atoms with E-state index in [1.165, 1.54) is 0 Å². The van der Waals surface area contributed by atoms with E-state index in [2.05, 4.69) is 16.1 Å². The van der Waals surface area contributed by atoms with Gasteiger partial charge in [0, 0.05) is 13.1 Å². The van der Waals surface area contributed by atoms with Crippen LogP contribution in [0.15, 0.2) is 0 Å². The molecule has 9 heavy (non-hydrogen) atoms. The summed E-state index contributed by atoms with van der Waals surface area (Å²) in [6.45, 7) is 1.21. The topological polar surface area (TPSA) is 90.4 Å². The molecule has 0 amide bonds. The van der Waals surface area contributed by atoms with Crippen LogP contribution in [0.3, 0.4) is 0 Å². The molecule has 0 aliphatic rings. The fourth-order valence-electron chi connectivity index (χ4n) is 0.334. The van der Waals surface area contributed by atoms with Crippen molar-refractivity contribution in [3.63, 3.8) is 0 Å². The Kier molecular flexibility index (Phi) is 5.09. The van der Waals surface area contributed by atoms with Crippen molar-refractivity contribution in [3.8, 4) is 0 Å². The quantitative estimate of drug-likeness (QED) is 0.303. The van der Waals surface area contributed by atoms with Crippen molar-refractivity contribution in [1.29, 1.82) is 0 Å². The lowest BCUT2D eigenvalue weighted by Gasteiger charge is -1.98. The van der Waals surface area contributed by atoms with Crippen molar-refractivity contribution < 1.29 is 9.63 Å². The van der Waals surface area contributed by atoms with Gasteiger partial charge in [-0.3, -0.25) is 0 Å². The lowest BCUT2D eigenvalue weighted by atomic mass is 10.6. The van der Waals surface area contributed by atoms with Crippen molar-refractivity contribution >= 4 is 5.97 Å². The zero-order valence-corrected chi connectivity index (χ0v) is 5.09. The van der Waals surface area contributed by atoms with Gasteiger partial charge >= 0.3 is 5.97 Å². The highest BCUT2D eigenvalue weighted by Gasteiger charge is 1.96. The third kappa shape index (κ3) is 5.22. The maximum Gasteiger partial charge on any atom is 0.338 e. The van der Waals surface area contributed by atoms with Gasteiger partial charge in [0.2, 0.25) is 0 Å². The maximum atomic E-state index is 10.2. The Labute approximate surface area is 53.3 Å². The molecule has 0 saturated carbocycles. The van der Waals surface area contributed by atoms with Gasteiger partial charge in [-0.05, 0) is 0 Å². The van der Waals surface area contributed by atoms with E-state index in [0.29, 0.717) is 13.1 Å². The molecule has 0 rings (SSSR count). The largest absolute Gasteiger partial charge is 0.372 e. The van der Waals surface area contributed by atoms with E-state index in [1.54, 1.807) is 0 Å². The van der Waals surface area contributed by atoms with E-state index >= 15 is 0 Å². The van der Waals surface area contributed by atoms with E-state index in [4.69, 9.17) is 5.73 Å². The van der Waals surface area contributed by atoms with Crippen LogP contribution in [0.4, 0.5) is 0 Å². The van der Waals surface area contributed by atoms with Gasteiger partial charge in [-0.15, -0.1) is 0 Å². The molecule has 0 fully saturated rings. The Morgan fingerprint density at radius 2 is 2.33 bits per heavy atom. The summed E-state index contributed by atoms with van der Waals surface area (Å²) in [6, 6.07) is 0. The molecular weight excluding hydrogens is 122 g/mol. The molecule has 0 bridgehead atoms. The van der Waals surface area contributed by atoms with Gasteiger partial charge in [0.05, 0.1) is 6.54 Å². The molecule has 0 aliphatic carbocycles. The van der Waals surface area contributed by atoms with Gasteiger partial charge in [0.15, 0.2) is 0 Å². The van der Waals surface area contributed by atoms with E-state index in [0.717, 1.165) is 0 Å². The van der Waals surface area contributed by atoms with Crippen molar-refractivity contribution in [2.75, 3.05) is 19.6 Å². The van der Waals surface area contributed by atoms with Crippen LogP contribution < -0.4 is 16.9 Å². The van der Waals surface area contributed by atoms with Crippen LogP contribution in [0.2, 0.25) is 0 Å². The average molecular weight is 133 g/mol. The third-order valence-electron chi connectivity index (χ3n) is 0.722. The second kappa shape index (κ2) is 5.49. The van der Waals surface area contributed by atoms with Gasteiger partial charge < -0.3 is 15.9 Å². The molecule has 5 N–H and O–H groups in total. The van der Waals surface area contributed by atoms with Gasteiger partial charge in [0.1, 0.15) is 0 Å². The molecule has 0 spiro atoms. The molecule has 0 heterocycles. The summed E-state index contributed by atoms with van der Waals surface area (Å²) in [4.78, 5) is 14.1. The lowest BCUT2D eigenvalue weighted by Crippen LogP contribution is -2.30. The fraction of sp³-hybridized carbons (Fsp3) is 0.750. The van der Waals surface area contributed by atoms with Crippen molar-refractivity contribution in [2.24, 2.45) is 11.6 Å². The number of carbonyl (C=O) groups excluding carboxylic acids is 1. The molecule has 0 radical (unpaired) electrons. The van der Waals surface area contributed by atoms with E-state index < -0.39 is 5.97 Å². The predicted octanol–water partition coefficient (Wildman–Crippen LogP) is -2.05. The number of hydrogen-bond donors (Lipinski definition) is 3. The molecule has 0 aromatic heterocycles. The number of hydrogen-bond acceptors (Lipinski definition) is 5. The van der Waals surface area contributed by atoms with Crippen LogP contribution >= 0.6 is 0 Å². The van der Waals surface area contributed by atoms with Crippen molar-refractivity contribution in [1.82, 2.24) is 5.32 Å². The second-order valence-electron chi connectivity index (χ2n) is 1.46. The zero-order chi connectivity index (χ0) is 7.11. The van der Waals surface area contributed by atoms with E-state index in [-0.39, 0.29) is 6.54 Å². The Hall–Kier alpha value is -0.650. The van der Waals surface area contributed by atoms with Crippen molar-refractivity contribution in [2.45, 2.75) is 0 Å². The smallest absolute Gasteiger partial charge is 0.338 e. The molecule has 54 valence electrons. The molecule has 0 aliphatic heterocycles. The molecule has 0 aromatic rings. The zero-order valence-electron chi connectivity index (χ0n) is 5.09. The highest BCUT2D eigenvalue weighted by Crippen LogP contribution is 1.63. The van der Waals surface area contributed by atoms with Gasteiger partial charge in [0.25, 0.3) is 0 Å². The standard InChI is InChI=1S/C4H11N3O2/c5-1-2-7-3-4(8)9-6/h7H,1-3,5-6H2. The minimum Gasteiger partial charge on any atom is -0.372 e. The highest BCUT2D eigenvalue weighted by atomic mass is 16.7. The average Bonchev–Trinajstić information content (AvgIpc) is 1.89. The number of carbonyl (C=O) groups is 1. The first-order valence-electron chi connectivity index (χ1n) is 2.61. The second-order valence-corrected chi connectivity index (χ2v) is 1.46. The van der Waals surface area contributed by atoms with Crippen molar-refractivity contribution in [3.05, 3.63) is 0 Å². The minimum absolute atomic E-state index is 0.119. The van der Waals surface area contributed by atoms with Gasteiger partial charge in [-0.2, -0.15) is 5.90 Å².